The summed E-state index contributed by atoms with van der Waals surface area (Å²) in [7, 11) is 3.00. The molecule has 0 aromatic heterocycles. The summed E-state index contributed by atoms with van der Waals surface area (Å²) < 4.78 is 0. The van der Waals surface area contributed by atoms with Crippen LogP contribution in [0.15, 0.2) is 109 Å². The molecule has 3 aromatic carbocycles. The summed E-state index contributed by atoms with van der Waals surface area (Å²) in [6.07, 6.45) is 1.25. The van der Waals surface area contributed by atoms with E-state index in [0.29, 0.717) is 0 Å². The zero-order valence-electron chi connectivity index (χ0n) is 25.4. The van der Waals surface area contributed by atoms with Crippen molar-refractivity contribution >= 4 is 0 Å². The summed E-state index contributed by atoms with van der Waals surface area (Å²) in [6, 6.07) is 36.0. The van der Waals surface area contributed by atoms with E-state index < -0.39 is 0 Å². The van der Waals surface area contributed by atoms with Gasteiger partial charge in [-0.1, -0.05) is 185 Å². The molecule has 0 heterocycles. The van der Waals surface area contributed by atoms with Gasteiger partial charge in [0, 0.05) is 21.3 Å². The van der Waals surface area contributed by atoms with Crippen LogP contribution in [0.5, 0.6) is 0 Å². The smallest absolute Gasteiger partial charge is 0.0319 e. The normalized spacial score (nSPS) is 5.83. The number of benzene rings is 3. The third-order valence-electron chi connectivity index (χ3n) is 2.00. The topological polar surface area (TPSA) is 60.7 Å². The van der Waals surface area contributed by atoms with E-state index in [1.165, 1.54) is 6.42 Å². The van der Waals surface area contributed by atoms with Crippen molar-refractivity contribution in [3.05, 3.63) is 109 Å². The first-order chi connectivity index (χ1) is 17.4. The van der Waals surface area contributed by atoms with Gasteiger partial charge in [-0.3, -0.25) is 0 Å². The van der Waals surface area contributed by atoms with Crippen LogP contribution >= 0.6 is 0 Å². The molecular formula is C32H62O3. The van der Waals surface area contributed by atoms with E-state index in [4.69, 9.17) is 15.3 Å². The summed E-state index contributed by atoms with van der Waals surface area (Å²) in [6.45, 7) is 20.2. The molecule has 0 aliphatic carbocycles. The van der Waals surface area contributed by atoms with Gasteiger partial charge in [0.15, 0.2) is 0 Å². The van der Waals surface area contributed by atoms with Crippen LogP contribution in [0, 0.1) is 0 Å². The number of aliphatic hydroxyl groups excluding tert-OH is 3. The quantitative estimate of drug-likeness (QED) is 0.291. The van der Waals surface area contributed by atoms with Crippen molar-refractivity contribution in [2.75, 3.05) is 21.3 Å². The Morgan fingerprint density at radius 3 is 0.314 bits per heavy atom. The van der Waals surface area contributed by atoms with Crippen LogP contribution < -0.4 is 0 Å². The highest BCUT2D eigenvalue weighted by Crippen LogP contribution is 1.81. The van der Waals surface area contributed by atoms with Gasteiger partial charge in [-0.05, 0) is 0 Å². The fraction of sp³-hybridized carbons (Fsp3) is 0.438. The Bertz CT molecular complexity index is 320. The molecular weight excluding hydrogens is 432 g/mol. The molecule has 3 nitrogen and oxygen atoms in total. The van der Waals surface area contributed by atoms with Crippen LogP contribution in [0.2, 0.25) is 0 Å². The van der Waals surface area contributed by atoms with Crippen molar-refractivity contribution in [2.24, 2.45) is 0 Å². The first-order valence-electron chi connectivity index (χ1n) is 12.8. The van der Waals surface area contributed by atoms with Crippen LogP contribution in [0.25, 0.3) is 0 Å². The maximum Gasteiger partial charge on any atom is 0.0319 e. The Morgan fingerprint density at radius 1 is 0.257 bits per heavy atom. The molecule has 0 saturated carbocycles. The summed E-state index contributed by atoms with van der Waals surface area (Å²) in [5.74, 6) is 0. The number of aliphatic hydroxyl groups is 3. The van der Waals surface area contributed by atoms with Gasteiger partial charge in [0.2, 0.25) is 0 Å². The van der Waals surface area contributed by atoms with Gasteiger partial charge in [-0.25, -0.2) is 0 Å². The maximum absolute atomic E-state index is 7.00. The molecule has 0 saturated heterocycles. The van der Waals surface area contributed by atoms with Crippen LogP contribution in [0.1, 0.15) is 75.7 Å². The number of rotatable bonds is 0. The molecule has 0 unspecified atom stereocenters. The SMILES string of the molecule is CC.CC.CC.CC.CCC.CO.CO.CO.c1ccccc1.c1ccccc1.c1ccccc1. The summed E-state index contributed by atoms with van der Waals surface area (Å²) in [5.41, 5.74) is 0. The second-order valence-corrected chi connectivity index (χ2v) is 4.17. The lowest BCUT2D eigenvalue weighted by Gasteiger charge is -1.69. The average Bonchev–Trinajstić information content (AvgIpc) is 3.04. The summed E-state index contributed by atoms with van der Waals surface area (Å²) in [4.78, 5) is 0. The highest BCUT2D eigenvalue weighted by molar-refractivity contribution is 5.00. The predicted molar refractivity (Wildman–Crippen MR) is 165 cm³/mol. The maximum atomic E-state index is 7.00. The third kappa shape index (κ3) is 114. The van der Waals surface area contributed by atoms with Crippen molar-refractivity contribution < 1.29 is 15.3 Å². The second-order valence-electron chi connectivity index (χ2n) is 4.17. The molecule has 0 aliphatic heterocycles. The Labute approximate surface area is 221 Å². The molecule has 208 valence electrons. The van der Waals surface area contributed by atoms with Crippen LogP contribution in [-0.2, 0) is 0 Å². The van der Waals surface area contributed by atoms with Crippen LogP contribution in [0.4, 0.5) is 0 Å². The fourth-order valence-corrected chi connectivity index (χ4v) is 1.15. The Balaban J connectivity index is -0.0000000403. The molecule has 3 aromatic rings. The molecule has 3 heteroatoms. The van der Waals surface area contributed by atoms with Crippen LogP contribution in [-0.4, -0.2) is 36.6 Å². The molecule has 0 atom stereocenters. The first-order valence-corrected chi connectivity index (χ1v) is 12.8. The second kappa shape index (κ2) is 108. The minimum Gasteiger partial charge on any atom is -0.400 e. The minimum absolute atomic E-state index is 1.00. The van der Waals surface area contributed by atoms with E-state index in [9.17, 15) is 0 Å². The van der Waals surface area contributed by atoms with Crippen molar-refractivity contribution in [2.45, 2.75) is 75.7 Å². The van der Waals surface area contributed by atoms with Gasteiger partial charge < -0.3 is 15.3 Å². The van der Waals surface area contributed by atoms with Gasteiger partial charge in [0.05, 0.1) is 0 Å². The summed E-state index contributed by atoms with van der Waals surface area (Å²) in [5, 5.41) is 21.0. The van der Waals surface area contributed by atoms with E-state index >= 15 is 0 Å². The molecule has 0 aliphatic rings. The molecule has 3 N–H and O–H groups in total. The van der Waals surface area contributed by atoms with E-state index in [0.717, 1.165) is 21.3 Å². The van der Waals surface area contributed by atoms with E-state index in [1.54, 1.807) is 0 Å². The van der Waals surface area contributed by atoms with E-state index in [1.807, 2.05) is 165 Å². The number of hydrogen-bond donors (Lipinski definition) is 3. The van der Waals surface area contributed by atoms with Gasteiger partial charge >= 0.3 is 0 Å². The lowest BCUT2D eigenvalue weighted by molar-refractivity contribution is 0.399. The van der Waals surface area contributed by atoms with Gasteiger partial charge in [-0.15, -0.1) is 0 Å². The zero-order valence-corrected chi connectivity index (χ0v) is 25.4. The standard InChI is InChI=1S/3C6H6.C3H8.4C2H6.3CH4O/c3*1-2-4-6-5-3-1;1-3-2;7*1-2/h3*1-6H;3H2,1-2H3;4*1-2H3;3*2H,1H3. The summed E-state index contributed by atoms with van der Waals surface area (Å²) >= 11 is 0. The van der Waals surface area contributed by atoms with Crippen molar-refractivity contribution in [1.29, 1.82) is 0 Å². The molecule has 0 fully saturated rings. The largest absolute Gasteiger partial charge is 0.400 e. The lowest BCUT2D eigenvalue weighted by atomic mass is 10.4. The van der Waals surface area contributed by atoms with Crippen molar-refractivity contribution in [3.8, 4) is 0 Å². The van der Waals surface area contributed by atoms with Gasteiger partial charge in [0.25, 0.3) is 0 Å². The van der Waals surface area contributed by atoms with Gasteiger partial charge in [0.1, 0.15) is 0 Å². The van der Waals surface area contributed by atoms with E-state index in [-0.39, 0.29) is 0 Å². The molecule has 0 bridgehead atoms. The third-order valence-corrected chi connectivity index (χ3v) is 2.00. The average molecular weight is 495 g/mol. The predicted octanol–water partition coefficient (Wildman–Crippen LogP) is 9.41. The van der Waals surface area contributed by atoms with Crippen LogP contribution in [0.3, 0.4) is 0 Å². The van der Waals surface area contributed by atoms with Gasteiger partial charge in [-0.2, -0.15) is 0 Å². The molecule has 0 radical (unpaired) electrons. The lowest BCUT2D eigenvalue weighted by Crippen LogP contribution is -1.47. The minimum atomic E-state index is 1.00. The fourth-order valence-electron chi connectivity index (χ4n) is 1.15. The zero-order chi connectivity index (χ0) is 29.4. The highest BCUT2D eigenvalue weighted by atomic mass is 16.2. The first kappa shape index (κ1) is 53.8. The van der Waals surface area contributed by atoms with E-state index in [2.05, 4.69) is 13.8 Å². The Kier molecular flexibility index (Phi) is 165. The molecule has 0 spiro atoms. The van der Waals surface area contributed by atoms with Crippen molar-refractivity contribution in [1.82, 2.24) is 0 Å². The highest BCUT2D eigenvalue weighted by Gasteiger charge is 1.59. The Hall–Kier alpha value is -2.46. The molecule has 0 amide bonds. The molecule has 3 rings (SSSR count). The number of hydrogen-bond acceptors (Lipinski definition) is 3. The van der Waals surface area contributed by atoms with Crippen molar-refractivity contribution in [3.63, 3.8) is 0 Å². The monoisotopic (exact) mass is 494 g/mol. The molecule has 35 heavy (non-hydrogen) atoms. The Morgan fingerprint density at radius 2 is 0.286 bits per heavy atom.